The van der Waals surface area contributed by atoms with Gasteiger partial charge in [0.1, 0.15) is 6.04 Å². The van der Waals surface area contributed by atoms with E-state index in [-0.39, 0.29) is 0 Å². The molecule has 1 unspecified atom stereocenters. The summed E-state index contributed by atoms with van der Waals surface area (Å²) in [5.74, 6) is -0.980. The van der Waals surface area contributed by atoms with Gasteiger partial charge in [0.25, 0.3) is 0 Å². The Bertz CT molecular complexity index is 778. The molecule has 0 aliphatic heterocycles. The SMILES string of the molecule is NC(Cc1cn(-c2ccccc2)c2ccccc12)C(=O)O. The van der Waals surface area contributed by atoms with Crippen LogP contribution in [0.2, 0.25) is 0 Å². The third-order valence-corrected chi connectivity index (χ3v) is 3.59. The highest BCUT2D eigenvalue weighted by Crippen LogP contribution is 2.25. The number of aromatic nitrogens is 1. The average molecular weight is 280 g/mol. The van der Waals surface area contributed by atoms with E-state index < -0.39 is 12.0 Å². The molecule has 3 N–H and O–H groups in total. The Labute approximate surface area is 122 Å². The van der Waals surface area contributed by atoms with E-state index in [9.17, 15) is 4.79 Å². The average Bonchev–Trinajstić information content (AvgIpc) is 2.87. The van der Waals surface area contributed by atoms with Gasteiger partial charge >= 0.3 is 5.97 Å². The molecule has 4 nitrogen and oxygen atoms in total. The van der Waals surface area contributed by atoms with E-state index >= 15 is 0 Å². The zero-order valence-electron chi connectivity index (χ0n) is 11.4. The predicted octanol–water partition coefficient (Wildman–Crippen LogP) is 2.58. The molecule has 0 amide bonds. The molecule has 106 valence electrons. The lowest BCUT2D eigenvalue weighted by molar-refractivity contribution is -0.138. The highest BCUT2D eigenvalue weighted by Gasteiger charge is 2.16. The van der Waals surface area contributed by atoms with Gasteiger partial charge in [0.15, 0.2) is 0 Å². The molecule has 0 radical (unpaired) electrons. The van der Waals surface area contributed by atoms with Gasteiger partial charge in [-0.1, -0.05) is 36.4 Å². The van der Waals surface area contributed by atoms with Gasteiger partial charge in [-0.3, -0.25) is 4.79 Å². The van der Waals surface area contributed by atoms with E-state index in [0.717, 1.165) is 22.2 Å². The van der Waals surface area contributed by atoms with Crippen molar-refractivity contribution < 1.29 is 9.90 Å². The molecule has 21 heavy (non-hydrogen) atoms. The lowest BCUT2D eigenvalue weighted by Gasteiger charge is -2.04. The van der Waals surface area contributed by atoms with Crippen molar-refractivity contribution >= 4 is 16.9 Å². The van der Waals surface area contributed by atoms with Gasteiger partial charge in [0.2, 0.25) is 0 Å². The van der Waals surface area contributed by atoms with Crippen molar-refractivity contribution in [3.63, 3.8) is 0 Å². The second kappa shape index (κ2) is 5.42. The van der Waals surface area contributed by atoms with Gasteiger partial charge < -0.3 is 15.4 Å². The minimum Gasteiger partial charge on any atom is -0.480 e. The molecule has 1 atom stereocenters. The lowest BCUT2D eigenvalue weighted by atomic mass is 10.1. The first-order chi connectivity index (χ1) is 10.2. The Morgan fingerprint density at radius 3 is 2.48 bits per heavy atom. The summed E-state index contributed by atoms with van der Waals surface area (Å²) < 4.78 is 2.07. The maximum absolute atomic E-state index is 11.0. The molecule has 0 bridgehead atoms. The van der Waals surface area contributed by atoms with Crippen LogP contribution < -0.4 is 5.73 Å². The van der Waals surface area contributed by atoms with Gasteiger partial charge in [-0.25, -0.2) is 0 Å². The monoisotopic (exact) mass is 280 g/mol. The minimum atomic E-state index is -0.980. The number of carbonyl (C=O) groups is 1. The summed E-state index contributed by atoms with van der Waals surface area (Å²) in [6, 6.07) is 17.0. The fourth-order valence-electron chi connectivity index (χ4n) is 2.54. The van der Waals surface area contributed by atoms with Gasteiger partial charge in [0.05, 0.1) is 5.52 Å². The first kappa shape index (κ1) is 13.4. The Morgan fingerprint density at radius 2 is 1.76 bits per heavy atom. The highest BCUT2D eigenvalue weighted by atomic mass is 16.4. The lowest BCUT2D eigenvalue weighted by Crippen LogP contribution is -2.32. The maximum Gasteiger partial charge on any atom is 0.320 e. The van der Waals surface area contributed by atoms with Crippen LogP contribution >= 0.6 is 0 Å². The first-order valence-electron chi connectivity index (χ1n) is 6.79. The summed E-state index contributed by atoms with van der Waals surface area (Å²) >= 11 is 0. The number of hydrogen-bond acceptors (Lipinski definition) is 2. The normalized spacial score (nSPS) is 12.4. The molecule has 3 aromatic rings. The van der Waals surface area contributed by atoms with Crippen molar-refractivity contribution in [3.05, 3.63) is 66.4 Å². The van der Waals surface area contributed by atoms with E-state index in [1.165, 1.54) is 0 Å². The molecule has 3 rings (SSSR count). The quantitative estimate of drug-likeness (QED) is 0.771. The molecule has 0 spiro atoms. The number of carboxylic acid groups (broad SMARTS) is 1. The number of rotatable bonds is 4. The molecule has 4 heteroatoms. The van der Waals surface area contributed by atoms with Crippen LogP contribution in [0.15, 0.2) is 60.8 Å². The summed E-state index contributed by atoms with van der Waals surface area (Å²) in [7, 11) is 0. The third-order valence-electron chi connectivity index (χ3n) is 3.59. The molecule has 0 aliphatic carbocycles. The fourth-order valence-corrected chi connectivity index (χ4v) is 2.54. The number of carboxylic acids is 1. The van der Waals surface area contributed by atoms with Crippen LogP contribution in [0, 0.1) is 0 Å². The molecule has 1 aromatic heterocycles. The van der Waals surface area contributed by atoms with Crippen molar-refractivity contribution in [2.24, 2.45) is 5.73 Å². The Morgan fingerprint density at radius 1 is 1.10 bits per heavy atom. The smallest absolute Gasteiger partial charge is 0.320 e. The molecule has 0 saturated carbocycles. The van der Waals surface area contributed by atoms with Gasteiger partial charge in [0, 0.05) is 23.7 Å². The number of benzene rings is 2. The Kier molecular flexibility index (Phi) is 3.46. The van der Waals surface area contributed by atoms with Crippen molar-refractivity contribution in [3.8, 4) is 5.69 Å². The van der Waals surface area contributed by atoms with Gasteiger partial charge in [-0.2, -0.15) is 0 Å². The number of para-hydroxylation sites is 2. The number of aliphatic carboxylic acids is 1. The van der Waals surface area contributed by atoms with Crippen LogP contribution in [0.1, 0.15) is 5.56 Å². The third kappa shape index (κ3) is 2.53. The van der Waals surface area contributed by atoms with Crippen LogP contribution in [-0.2, 0) is 11.2 Å². The first-order valence-corrected chi connectivity index (χ1v) is 6.79. The highest BCUT2D eigenvalue weighted by molar-refractivity contribution is 5.86. The largest absolute Gasteiger partial charge is 0.480 e. The molecule has 2 aromatic carbocycles. The fraction of sp³-hybridized carbons (Fsp3) is 0.118. The topological polar surface area (TPSA) is 68.2 Å². The van der Waals surface area contributed by atoms with Crippen molar-refractivity contribution in [2.45, 2.75) is 12.5 Å². The van der Waals surface area contributed by atoms with Crippen LogP contribution in [-0.4, -0.2) is 21.7 Å². The van der Waals surface area contributed by atoms with Crippen LogP contribution in [0.4, 0.5) is 0 Å². The number of nitrogens with zero attached hydrogens (tertiary/aromatic N) is 1. The number of fused-ring (bicyclic) bond motifs is 1. The van der Waals surface area contributed by atoms with E-state index in [1.54, 1.807) is 0 Å². The number of nitrogens with two attached hydrogens (primary N) is 1. The standard InChI is InChI=1S/C17H16N2O2/c18-15(17(20)21)10-12-11-19(13-6-2-1-3-7-13)16-9-5-4-8-14(12)16/h1-9,11,15H,10,18H2,(H,20,21). The zero-order valence-corrected chi connectivity index (χ0v) is 11.4. The molecule has 0 fully saturated rings. The minimum absolute atomic E-state index is 0.315. The summed E-state index contributed by atoms with van der Waals surface area (Å²) in [4.78, 5) is 11.0. The van der Waals surface area contributed by atoms with E-state index in [2.05, 4.69) is 4.57 Å². The van der Waals surface area contributed by atoms with Crippen LogP contribution in [0.5, 0.6) is 0 Å². The van der Waals surface area contributed by atoms with E-state index in [0.29, 0.717) is 6.42 Å². The predicted molar refractivity (Wildman–Crippen MR) is 82.6 cm³/mol. The van der Waals surface area contributed by atoms with E-state index in [4.69, 9.17) is 10.8 Å². The second-order valence-corrected chi connectivity index (χ2v) is 5.03. The van der Waals surface area contributed by atoms with Crippen molar-refractivity contribution in [2.75, 3.05) is 0 Å². The van der Waals surface area contributed by atoms with E-state index in [1.807, 2.05) is 60.8 Å². The summed E-state index contributed by atoms with van der Waals surface area (Å²) in [5.41, 5.74) is 8.72. The molecular weight excluding hydrogens is 264 g/mol. The summed E-state index contributed by atoms with van der Waals surface area (Å²) in [6.07, 6.45) is 2.29. The molecule has 1 heterocycles. The Balaban J connectivity index is 2.12. The Hall–Kier alpha value is -2.59. The maximum atomic E-state index is 11.0. The van der Waals surface area contributed by atoms with Crippen LogP contribution in [0.3, 0.4) is 0 Å². The van der Waals surface area contributed by atoms with Gasteiger partial charge in [-0.15, -0.1) is 0 Å². The summed E-state index contributed by atoms with van der Waals surface area (Å²) in [5, 5.41) is 10.0. The zero-order chi connectivity index (χ0) is 14.8. The van der Waals surface area contributed by atoms with Crippen LogP contribution in [0.25, 0.3) is 16.6 Å². The second-order valence-electron chi connectivity index (χ2n) is 5.03. The van der Waals surface area contributed by atoms with Gasteiger partial charge in [-0.05, 0) is 23.8 Å². The molecule has 0 saturated heterocycles. The summed E-state index contributed by atoms with van der Waals surface area (Å²) in [6.45, 7) is 0. The molecular formula is C17H16N2O2. The van der Waals surface area contributed by atoms with Crippen molar-refractivity contribution in [1.82, 2.24) is 4.57 Å². The number of hydrogen-bond donors (Lipinski definition) is 2. The van der Waals surface area contributed by atoms with Crippen molar-refractivity contribution in [1.29, 1.82) is 0 Å². The molecule has 0 aliphatic rings.